The predicted molar refractivity (Wildman–Crippen MR) is 134 cm³/mol. The van der Waals surface area contributed by atoms with Crippen LogP contribution in [0.4, 0.5) is 5.82 Å². The van der Waals surface area contributed by atoms with Crippen LogP contribution in [0.1, 0.15) is 5.82 Å². The summed E-state index contributed by atoms with van der Waals surface area (Å²) in [6.07, 6.45) is 7.36. The SMILES string of the molecule is C=CC(/C=C/c1nc(N2CCN(CCP(O)O)CC2)c2cc(OC)c(OC)cc2n1)=C\N=C. The lowest BCUT2D eigenvalue weighted by Crippen LogP contribution is -2.47. The zero-order valence-corrected chi connectivity index (χ0v) is 19.9. The molecular formula is C23H30N5O4P. The maximum Gasteiger partial charge on any atom is 0.166 e. The van der Waals surface area contributed by atoms with Gasteiger partial charge in [0.25, 0.3) is 0 Å². The van der Waals surface area contributed by atoms with E-state index in [4.69, 9.17) is 19.4 Å². The zero-order valence-electron chi connectivity index (χ0n) is 19.0. The van der Waals surface area contributed by atoms with E-state index < -0.39 is 8.38 Å². The fraction of sp³-hybridized carbons (Fsp3) is 0.348. The molecule has 2 N–H and O–H groups in total. The lowest BCUT2D eigenvalue weighted by atomic mass is 10.1. The van der Waals surface area contributed by atoms with Crippen LogP contribution in [0.2, 0.25) is 0 Å². The van der Waals surface area contributed by atoms with Gasteiger partial charge in [0.05, 0.1) is 19.7 Å². The standard InChI is InChI=1S/C23H30N5O4P/c1-5-17(16-24-2)6-7-22-25-19-15-21(32-4)20(31-3)14-18(19)23(26-22)28-10-8-27(9-11-28)12-13-33(29)30/h5-7,14-16,29-30H,1-2,8-13H2,3-4H3/b7-6+,17-16+. The van der Waals surface area contributed by atoms with Crippen LogP contribution >= 0.6 is 8.38 Å². The Morgan fingerprint density at radius 2 is 1.85 bits per heavy atom. The largest absolute Gasteiger partial charge is 0.493 e. The van der Waals surface area contributed by atoms with E-state index in [1.165, 1.54) is 0 Å². The van der Waals surface area contributed by atoms with Gasteiger partial charge in [0.1, 0.15) is 5.82 Å². The minimum absolute atomic E-state index is 0.399. The Morgan fingerprint density at radius 1 is 1.15 bits per heavy atom. The van der Waals surface area contributed by atoms with Gasteiger partial charge in [0.15, 0.2) is 25.7 Å². The summed E-state index contributed by atoms with van der Waals surface area (Å²) < 4.78 is 11.0. The number of hydrogen-bond acceptors (Lipinski definition) is 9. The number of aliphatic imine (C=N–C) groups is 1. The molecule has 9 nitrogen and oxygen atoms in total. The Bertz CT molecular complexity index is 1050. The van der Waals surface area contributed by atoms with Crippen LogP contribution in [-0.4, -0.2) is 84.5 Å². The van der Waals surface area contributed by atoms with Crippen LogP contribution in [0, 0.1) is 0 Å². The number of allylic oxidation sites excluding steroid dienone is 3. The molecule has 1 aromatic heterocycles. The number of piperazine rings is 1. The predicted octanol–water partition coefficient (Wildman–Crippen LogP) is 2.85. The lowest BCUT2D eigenvalue weighted by molar-refractivity contribution is 0.269. The molecule has 3 rings (SSSR count). The first-order valence-electron chi connectivity index (χ1n) is 10.5. The second kappa shape index (κ2) is 11.9. The normalized spacial score (nSPS) is 15.4. The topological polar surface area (TPSA) is 104 Å². The number of anilines is 1. The first kappa shape index (κ1) is 24.8. The molecular weight excluding hydrogens is 441 g/mol. The first-order valence-corrected chi connectivity index (χ1v) is 11.9. The van der Waals surface area contributed by atoms with Gasteiger partial charge >= 0.3 is 0 Å². The molecule has 0 radical (unpaired) electrons. The third-order valence-electron chi connectivity index (χ3n) is 5.39. The maximum absolute atomic E-state index is 9.21. The number of nitrogens with zero attached hydrogens (tertiary/aromatic N) is 5. The van der Waals surface area contributed by atoms with E-state index in [0.29, 0.717) is 30.0 Å². The van der Waals surface area contributed by atoms with E-state index in [-0.39, 0.29) is 0 Å². The number of methoxy groups -OCH3 is 2. The molecule has 1 aliphatic heterocycles. The summed E-state index contributed by atoms with van der Waals surface area (Å²) in [5.74, 6) is 2.58. The van der Waals surface area contributed by atoms with E-state index in [1.54, 1.807) is 26.5 Å². The zero-order chi connectivity index (χ0) is 23.8. The minimum atomic E-state index is -1.86. The first-order chi connectivity index (χ1) is 16.0. The highest BCUT2D eigenvalue weighted by molar-refractivity contribution is 7.45. The fourth-order valence-electron chi connectivity index (χ4n) is 3.63. The number of fused-ring (bicyclic) bond motifs is 1. The summed E-state index contributed by atoms with van der Waals surface area (Å²) in [6.45, 7) is 11.1. The van der Waals surface area contributed by atoms with Gasteiger partial charge in [-0.15, -0.1) is 0 Å². The second-order valence-corrected chi connectivity index (χ2v) is 8.60. The van der Waals surface area contributed by atoms with Crippen molar-refractivity contribution in [3.05, 3.63) is 48.5 Å². The van der Waals surface area contributed by atoms with E-state index in [2.05, 4.69) is 28.1 Å². The van der Waals surface area contributed by atoms with Gasteiger partial charge in [-0.25, -0.2) is 9.97 Å². The van der Waals surface area contributed by atoms with E-state index in [0.717, 1.165) is 48.5 Å². The molecule has 10 heteroatoms. The molecule has 0 saturated carbocycles. The second-order valence-electron chi connectivity index (χ2n) is 7.40. The van der Waals surface area contributed by atoms with Gasteiger partial charge in [0.2, 0.25) is 0 Å². The maximum atomic E-state index is 9.21. The number of ether oxygens (including phenoxy) is 2. The van der Waals surface area contributed by atoms with Crippen molar-refractivity contribution in [1.29, 1.82) is 0 Å². The highest BCUT2D eigenvalue weighted by atomic mass is 31.2. The van der Waals surface area contributed by atoms with Crippen molar-refractivity contribution < 1.29 is 19.3 Å². The lowest BCUT2D eigenvalue weighted by Gasteiger charge is -2.36. The third-order valence-corrected chi connectivity index (χ3v) is 5.99. The fourth-order valence-corrected chi connectivity index (χ4v) is 4.09. The van der Waals surface area contributed by atoms with Crippen LogP contribution in [-0.2, 0) is 0 Å². The van der Waals surface area contributed by atoms with Crippen molar-refractivity contribution in [2.45, 2.75) is 0 Å². The molecule has 0 aliphatic carbocycles. The van der Waals surface area contributed by atoms with Crippen LogP contribution < -0.4 is 14.4 Å². The minimum Gasteiger partial charge on any atom is -0.493 e. The number of aromatic nitrogens is 2. The van der Waals surface area contributed by atoms with Crippen LogP contribution in [0.15, 0.2) is 47.6 Å². The van der Waals surface area contributed by atoms with Crippen LogP contribution in [0.5, 0.6) is 11.5 Å². The highest BCUT2D eigenvalue weighted by Gasteiger charge is 2.22. The Hall–Kier alpha value is -2.84. The molecule has 1 saturated heterocycles. The van der Waals surface area contributed by atoms with Crippen molar-refractivity contribution in [3.63, 3.8) is 0 Å². The summed E-state index contributed by atoms with van der Waals surface area (Å²) in [5, 5.41) is 0.875. The van der Waals surface area contributed by atoms with Crippen LogP contribution in [0.3, 0.4) is 0 Å². The molecule has 1 fully saturated rings. The van der Waals surface area contributed by atoms with Crippen LogP contribution in [0.25, 0.3) is 17.0 Å². The number of rotatable bonds is 10. The Kier molecular flexibility index (Phi) is 8.91. The molecule has 176 valence electrons. The summed E-state index contributed by atoms with van der Waals surface area (Å²) in [4.78, 5) is 36.2. The van der Waals surface area contributed by atoms with Gasteiger partial charge in [-0.05, 0) is 30.5 Å². The third kappa shape index (κ3) is 6.36. The van der Waals surface area contributed by atoms with E-state index in [1.807, 2.05) is 24.3 Å². The van der Waals surface area contributed by atoms with Gasteiger partial charge in [0, 0.05) is 56.5 Å². The molecule has 0 unspecified atom stereocenters. The molecule has 0 bridgehead atoms. The van der Waals surface area contributed by atoms with Crippen molar-refractivity contribution in [2.75, 3.05) is 58.0 Å². The van der Waals surface area contributed by atoms with Crippen molar-refractivity contribution in [3.8, 4) is 11.5 Å². The average Bonchev–Trinajstić information content (AvgIpc) is 2.84. The molecule has 1 aliphatic rings. The highest BCUT2D eigenvalue weighted by Crippen LogP contribution is 2.35. The Labute approximate surface area is 195 Å². The van der Waals surface area contributed by atoms with E-state index in [9.17, 15) is 9.79 Å². The molecule has 0 amide bonds. The number of hydrogen-bond donors (Lipinski definition) is 2. The molecule has 2 heterocycles. The summed E-state index contributed by atoms with van der Waals surface area (Å²) in [5.41, 5.74) is 1.54. The van der Waals surface area contributed by atoms with Gasteiger partial charge in [-0.1, -0.05) is 12.7 Å². The van der Waals surface area contributed by atoms with Crippen molar-refractivity contribution in [2.24, 2.45) is 4.99 Å². The van der Waals surface area contributed by atoms with Crippen molar-refractivity contribution >= 4 is 37.9 Å². The number of benzene rings is 1. The smallest absolute Gasteiger partial charge is 0.166 e. The monoisotopic (exact) mass is 471 g/mol. The summed E-state index contributed by atoms with van der Waals surface area (Å²) >= 11 is 0. The van der Waals surface area contributed by atoms with Gasteiger partial charge in [-0.3, -0.25) is 9.89 Å². The Morgan fingerprint density at radius 3 is 2.45 bits per heavy atom. The molecule has 0 atom stereocenters. The molecule has 0 spiro atoms. The summed E-state index contributed by atoms with van der Waals surface area (Å²) in [7, 11) is 1.34. The van der Waals surface area contributed by atoms with Gasteiger partial charge < -0.3 is 24.2 Å². The Balaban J connectivity index is 1.98. The quantitative estimate of drug-likeness (QED) is 0.310. The van der Waals surface area contributed by atoms with Crippen molar-refractivity contribution in [1.82, 2.24) is 14.9 Å². The molecule has 1 aromatic carbocycles. The van der Waals surface area contributed by atoms with Gasteiger partial charge in [-0.2, -0.15) is 0 Å². The molecule has 33 heavy (non-hydrogen) atoms. The average molecular weight is 471 g/mol. The molecule has 2 aromatic rings. The van der Waals surface area contributed by atoms with E-state index >= 15 is 0 Å². The summed E-state index contributed by atoms with van der Waals surface area (Å²) in [6, 6.07) is 3.76.